The van der Waals surface area contributed by atoms with Crippen molar-refractivity contribution in [1.29, 1.82) is 0 Å². The quantitative estimate of drug-likeness (QED) is 0.0606. The van der Waals surface area contributed by atoms with Crippen LogP contribution < -0.4 is 0 Å². The van der Waals surface area contributed by atoms with E-state index in [9.17, 15) is 9.59 Å². The molecule has 0 aliphatic carbocycles. The lowest BCUT2D eigenvalue weighted by molar-refractivity contribution is -0.146. The summed E-state index contributed by atoms with van der Waals surface area (Å²) in [5.74, 6) is -0.297. The highest BCUT2D eigenvalue weighted by Crippen LogP contribution is 2.10. The van der Waals surface area contributed by atoms with Crippen LogP contribution in [0.1, 0.15) is 104 Å². The summed E-state index contributed by atoms with van der Waals surface area (Å²) in [6.45, 7) is 11.4. The number of unbranched alkanes of at least 4 members (excludes halogenated alkanes) is 10. The molecule has 0 aliphatic rings. The molecule has 0 aliphatic heterocycles. The Morgan fingerprint density at radius 2 is 0.533 bits per heavy atom. The fourth-order valence-corrected chi connectivity index (χ4v) is 4.09. The van der Waals surface area contributed by atoms with Gasteiger partial charge in [-0.2, -0.15) is 0 Å². The van der Waals surface area contributed by atoms with Gasteiger partial charge in [-0.15, -0.1) is 0 Å². The van der Waals surface area contributed by atoms with Crippen LogP contribution in [0.15, 0.2) is 0 Å². The molecule has 0 aromatic carbocycles. The number of hydrogen-bond donors (Lipinski definition) is 0. The van der Waals surface area contributed by atoms with Crippen LogP contribution >= 0.6 is 0 Å². The van der Waals surface area contributed by atoms with Gasteiger partial charge in [0.05, 0.1) is 92.5 Å². The zero-order chi connectivity index (χ0) is 32.7. The molecule has 0 radical (unpaired) electrons. The summed E-state index contributed by atoms with van der Waals surface area (Å²) in [4.78, 5) is 23.2. The van der Waals surface area contributed by atoms with E-state index >= 15 is 0 Å². The van der Waals surface area contributed by atoms with Gasteiger partial charge in [-0.1, -0.05) is 78.1 Å². The van der Waals surface area contributed by atoms with Crippen molar-refractivity contribution in [3.63, 3.8) is 0 Å². The number of rotatable bonds is 38. The van der Waals surface area contributed by atoms with Crippen molar-refractivity contribution in [3.05, 3.63) is 0 Å². The van der Waals surface area contributed by atoms with E-state index < -0.39 is 0 Å². The molecule has 0 atom stereocenters. The number of carbonyl (C=O) groups is 2. The number of esters is 2. The van der Waals surface area contributed by atoms with Crippen LogP contribution in [0.2, 0.25) is 0 Å². The summed E-state index contributed by atoms with van der Waals surface area (Å²) in [5, 5.41) is 0. The minimum atomic E-state index is -0.160. The van der Waals surface area contributed by atoms with Gasteiger partial charge in [0, 0.05) is 12.8 Å². The first-order valence-corrected chi connectivity index (χ1v) is 17.6. The average molecular weight is 651 g/mol. The summed E-state index contributed by atoms with van der Waals surface area (Å²) in [5.41, 5.74) is 0. The fraction of sp³-hybridized carbons (Fsp3) is 0.941. The third-order valence-corrected chi connectivity index (χ3v) is 6.68. The fourth-order valence-electron chi connectivity index (χ4n) is 4.09. The van der Waals surface area contributed by atoms with Gasteiger partial charge in [0.25, 0.3) is 0 Å². The highest BCUT2D eigenvalue weighted by Gasteiger charge is 2.03. The first-order valence-electron chi connectivity index (χ1n) is 17.6. The number of hydrogen-bond acceptors (Lipinski definition) is 11. The summed E-state index contributed by atoms with van der Waals surface area (Å²) in [6, 6.07) is 0. The van der Waals surface area contributed by atoms with E-state index in [0.29, 0.717) is 105 Å². The van der Waals surface area contributed by atoms with Crippen LogP contribution in [-0.2, 0) is 52.2 Å². The molecule has 0 amide bonds. The third-order valence-electron chi connectivity index (χ3n) is 6.68. The van der Waals surface area contributed by atoms with Crippen LogP contribution in [0.3, 0.4) is 0 Å². The number of ether oxygens (including phenoxy) is 9. The third kappa shape index (κ3) is 38.8. The SMILES string of the molecule is CCCCCCCCCCCC(=O)OCCOCCOCCOCCOCCOCCOCCOCCOC(=O)CCCCC. The molecular formula is C34H66O11. The monoisotopic (exact) mass is 650 g/mol. The van der Waals surface area contributed by atoms with E-state index in [1.54, 1.807) is 0 Å². The molecule has 45 heavy (non-hydrogen) atoms. The van der Waals surface area contributed by atoms with Gasteiger partial charge in [0.2, 0.25) is 0 Å². The molecule has 268 valence electrons. The minimum Gasteiger partial charge on any atom is -0.463 e. The molecule has 11 heteroatoms. The predicted octanol–water partition coefficient (Wildman–Crippen LogP) is 5.69. The Labute approximate surface area is 273 Å². The van der Waals surface area contributed by atoms with Gasteiger partial charge < -0.3 is 42.6 Å². The van der Waals surface area contributed by atoms with Crippen LogP contribution in [0, 0.1) is 0 Å². The summed E-state index contributed by atoms with van der Waals surface area (Å²) >= 11 is 0. The Kier molecular flexibility index (Phi) is 37.7. The molecule has 0 spiro atoms. The molecule has 0 fully saturated rings. The van der Waals surface area contributed by atoms with Gasteiger partial charge in [0.1, 0.15) is 13.2 Å². The Morgan fingerprint density at radius 1 is 0.311 bits per heavy atom. The van der Waals surface area contributed by atoms with Gasteiger partial charge in [-0.3, -0.25) is 9.59 Å². The summed E-state index contributed by atoms with van der Waals surface area (Å²) < 4.78 is 48.4. The molecule has 0 N–H and O–H groups in total. The van der Waals surface area contributed by atoms with Crippen molar-refractivity contribution in [2.75, 3.05) is 106 Å². The normalized spacial score (nSPS) is 11.2. The first kappa shape index (κ1) is 43.7. The second kappa shape index (κ2) is 38.8. The second-order valence-corrected chi connectivity index (χ2v) is 10.8. The van der Waals surface area contributed by atoms with E-state index in [-0.39, 0.29) is 25.2 Å². The largest absolute Gasteiger partial charge is 0.463 e. The highest BCUT2D eigenvalue weighted by atomic mass is 16.6. The smallest absolute Gasteiger partial charge is 0.305 e. The minimum absolute atomic E-state index is 0.138. The maximum absolute atomic E-state index is 11.8. The van der Waals surface area contributed by atoms with Gasteiger partial charge in [-0.25, -0.2) is 0 Å². The first-order chi connectivity index (χ1) is 22.2. The average Bonchev–Trinajstić information content (AvgIpc) is 3.04. The zero-order valence-electron chi connectivity index (χ0n) is 28.7. The second-order valence-electron chi connectivity index (χ2n) is 10.8. The molecule has 0 heterocycles. The summed E-state index contributed by atoms with van der Waals surface area (Å²) in [6.07, 6.45) is 15.1. The van der Waals surface area contributed by atoms with Crippen molar-refractivity contribution < 1.29 is 52.2 Å². The Bertz CT molecular complexity index is 607. The lowest BCUT2D eigenvalue weighted by atomic mass is 10.1. The molecule has 0 unspecified atom stereocenters. The van der Waals surface area contributed by atoms with Crippen molar-refractivity contribution in [1.82, 2.24) is 0 Å². The summed E-state index contributed by atoms with van der Waals surface area (Å²) in [7, 11) is 0. The van der Waals surface area contributed by atoms with Crippen molar-refractivity contribution in [3.8, 4) is 0 Å². The standard InChI is InChI=1S/C34H66O11/c1-3-5-7-8-9-10-11-12-14-16-34(36)45-32-30-43-28-26-41-24-22-39-20-18-37-17-19-38-21-23-40-25-27-42-29-31-44-33(35)15-13-6-4-2/h3-32H2,1-2H3. The Balaban J connectivity index is 3.14. The van der Waals surface area contributed by atoms with Gasteiger partial charge in [0.15, 0.2) is 0 Å². The van der Waals surface area contributed by atoms with Crippen LogP contribution in [0.5, 0.6) is 0 Å². The molecule has 0 rings (SSSR count). The molecule has 11 nitrogen and oxygen atoms in total. The maximum atomic E-state index is 11.8. The maximum Gasteiger partial charge on any atom is 0.305 e. The van der Waals surface area contributed by atoms with Crippen molar-refractivity contribution in [2.24, 2.45) is 0 Å². The molecule has 0 aromatic rings. The molecule has 0 aromatic heterocycles. The Morgan fingerprint density at radius 3 is 0.844 bits per heavy atom. The number of carbonyl (C=O) groups excluding carboxylic acids is 2. The Hall–Kier alpha value is -1.34. The lowest BCUT2D eigenvalue weighted by Gasteiger charge is -2.09. The van der Waals surface area contributed by atoms with Crippen LogP contribution in [-0.4, -0.2) is 118 Å². The highest BCUT2D eigenvalue weighted by molar-refractivity contribution is 5.69. The van der Waals surface area contributed by atoms with Crippen LogP contribution in [0.25, 0.3) is 0 Å². The van der Waals surface area contributed by atoms with Crippen molar-refractivity contribution >= 4 is 11.9 Å². The van der Waals surface area contributed by atoms with E-state index in [2.05, 4.69) is 13.8 Å². The molecular weight excluding hydrogens is 584 g/mol. The van der Waals surface area contributed by atoms with Crippen LogP contribution in [0.4, 0.5) is 0 Å². The van der Waals surface area contributed by atoms with E-state index in [1.165, 1.54) is 44.9 Å². The molecule has 0 saturated heterocycles. The van der Waals surface area contributed by atoms with E-state index in [1.807, 2.05) is 0 Å². The predicted molar refractivity (Wildman–Crippen MR) is 174 cm³/mol. The van der Waals surface area contributed by atoms with Crippen molar-refractivity contribution in [2.45, 2.75) is 104 Å². The molecule has 0 saturated carbocycles. The topological polar surface area (TPSA) is 117 Å². The van der Waals surface area contributed by atoms with E-state index in [0.717, 1.165) is 32.1 Å². The lowest BCUT2D eigenvalue weighted by Crippen LogP contribution is -2.15. The molecule has 0 bridgehead atoms. The zero-order valence-corrected chi connectivity index (χ0v) is 28.7. The van der Waals surface area contributed by atoms with Gasteiger partial charge in [-0.05, 0) is 12.8 Å². The van der Waals surface area contributed by atoms with E-state index in [4.69, 9.17) is 42.6 Å². The van der Waals surface area contributed by atoms with Gasteiger partial charge >= 0.3 is 11.9 Å².